The molecule has 2 nitrogen and oxygen atoms in total. The Morgan fingerprint density at radius 3 is 3.05 bits per heavy atom. The van der Waals surface area contributed by atoms with E-state index in [-0.39, 0.29) is 5.78 Å². The second-order valence-electron chi connectivity index (χ2n) is 5.02. The molecule has 2 heterocycles. The Morgan fingerprint density at radius 1 is 1.24 bits per heavy atom. The van der Waals surface area contributed by atoms with Gasteiger partial charge in [0.15, 0.2) is 5.78 Å². The number of carbonyl (C=O) groups excluding carboxylic acids is 1. The topological polar surface area (TPSA) is 26.3 Å². The molecule has 21 heavy (non-hydrogen) atoms. The van der Waals surface area contributed by atoms with Gasteiger partial charge < -0.3 is 4.74 Å². The van der Waals surface area contributed by atoms with Gasteiger partial charge in [-0.05, 0) is 45.8 Å². The highest BCUT2D eigenvalue weighted by molar-refractivity contribution is 9.10. The second kappa shape index (κ2) is 4.97. The van der Waals surface area contributed by atoms with Gasteiger partial charge >= 0.3 is 0 Å². The van der Waals surface area contributed by atoms with Crippen molar-refractivity contribution in [1.29, 1.82) is 0 Å². The van der Waals surface area contributed by atoms with Crippen molar-refractivity contribution in [3.63, 3.8) is 0 Å². The summed E-state index contributed by atoms with van der Waals surface area (Å²) in [4.78, 5) is 12.8. The zero-order valence-corrected chi connectivity index (χ0v) is 13.5. The lowest BCUT2D eigenvalue weighted by Gasteiger charge is -2.03. The lowest BCUT2D eigenvalue weighted by Crippen LogP contribution is -2.00. The fraction of sp³-hybridized carbons (Fsp3) is 0.118. The Kier molecular flexibility index (Phi) is 3.08. The van der Waals surface area contributed by atoms with Crippen LogP contribution in [0.25, 0.3) is 10.1 Å². The van der Waals surface area contributed by atoms with Gasteiger partial charge in [0.25, 0.3) is 0 Å². The van der Waals surface area contributed by atoms with Crippen LogP contribution in [0.1, 0.15) is 21.5 Å². The SMILES string of the molecule is O=C(c1ccc2c(c1)CCO2)c1csc2c(Br)cccc12. The molecule has 0 radical (unpaired) electrons. The number of ketones is 1. The van der Waals surface area contributed by atoms with Crippen molar-refractivity contribution >= 4 is 43.1 Å². The van der Waals surface area contributed by atoms with Crippen molar-refractivity contribution in [2.45, 2.75) is 6.42 Å². The summed E-state index contributed by atoms with van der Waals surface area (Å²) in [5, 5.41) is 2.96. The summed E-state index contributed by atoms with van der Waals surface area (Å²) in [6.45, 7) is 0.710. The Hall–Kier alpha value is -1.65. The quantitative estimate of drug-likeness (QED) is 0.613. The first-order valence-electron chi connectivity index (χ1n) is 6.70. The summed E-state index contributed by atoms with van der Waals surface area (Å²) in [6.07, 6.45) is 0.881. The second-order valence-corrected chi connectivity index (χ2v) is 6.75. The molecule has 0 fully saturated rings. The largest absolute Gasteiger partial charge is 0.493 e. The number of ether oxygens (including phenoxy) is 1. The molecule has 104 valence electrons. The third-order valence-corrected chi connectivity index (χ3v) is 5.70. The van der Waals surface area contributed by atoms with E-state index in [2.05, 4.69) is 15.9 Å². The minimum absolute atomic E-state index is 0.0778. The number of rotatable bonds is 2. The molecule has 4 rings (SSSR count). The van der Waals surface area contributed by atoms with Crippen LogP contribution in [0.15, 0.2) is 46.3 Å². The smallest absolute Gasteiger partial charge is 0.194 e. The highest BCUT2D eigenvalue weighted by Gasteiger charge is 2.18. The minimum atomic E-state index is 0.0778. The summed E-state index contributed by atoms with van der Waals surface area (Å²) in [5.41, 5.74) is 2.63. The van der Waals surface area contributed by atoms with E-state index in [1.165, 1.54) is 0 Å². The monoisotopic (exact) mass is 358 g/mol. The van der Waals surface area contributed by atoms with Crippen LogP contribution in [0.5, 0.6) is 5.75 Å². The molecule has 3 aromatic rings. The Balaban J connectivity index is 1.82. The van der Waals surface area contributed by atoms with Crippen molar-refractivity contribution in [2.75, 3.05) is 6.61 Å². The molecule has 4 heteroatoms. The first-order valence-corrected chi connectivity index (χ1v) is 8.37. The van der Waals surface area contributed by atoms with E-state index in [1.54, 1.807) is 11.3 Å². The summed E-state index contributed by atoms with van der Waals surface area (Å²) in [5.74, 6) is 0.985. The predicted molar refractivity (Wildman–Crippen MR) is 88.6 cm³/mol. The van der Waals surface area contributed by atoms with Gasteiger partial charge in [-0.15, -0.1) is 11.3 Å². The maximum atomic E-state index is 12.8. The van der Waals surface area contributed by atoms with E-state index >= 15 is 0 Å². The Bertz CT molecular complexity index is 866. The van der Waals surface area contributed by atoms with E-state index in [4.69, 9.17) is 4.74 Å². The maximum absolute atomic E-state index is 12.8. The van der Waals surface area contributed by atoms with E-state index in [0.29, 0.717) is 6.61 Å². The molecular weight excluding hydrogens is 348 g/mol. The van der Waals surface area contributed by atoms with Gasteiger partial charge in [-0.25, -0.2) is 0 Å². The maximum Gasteiger partial charge on any atom is 0.194 e. The minimum Gasteiger partial charge on any atom is -0.493 e. The van der Waals surface area contributed by atoms with E-state index in [1.807, 2.05) is 41.8 Å². The summed E-state index contributed by atoms with van der Waals surface area (Å²) in [6, 6.07) is 11.7. The number of hydrogen-bond donors (Lipinski definition) is 0. The molecule has 1 aliphatic rings. The molecule has 0 amide bonds. The van der Waals surface area contributed by atoms with Crippen LogP contribution in [-0.4, -0.2) is 12.4 Å². The number of benzene rings is 2. The van der Waals surface area contributed by atoms with Crippen LogP contribution in [0.4, 0.5) is 0 Å². The lowest BCUT2D eigenvalue weighted by atomic mass is 10.00. The molecule has 0 unspecified atom stereocenters. The predicted octanol–water partition coefficient (Wildman–Crippen LogP) is 4.83. The van der Waals surface area contributed by atoms with Gasteiger partial charge in [-0.2, -0.15) is 0 Å². The fourth-order valence-corrected chi connectivity index (χ4v) is 4.28. The van der Waals surface area contributed by atoms with Gasteiger partial charge in [0.2, 0.25) is 0 Å². The Labute approximate surface area is 134 Å². The molecule has 0 atom stereocenters. The van der Waals surface area contributed by atoms with Gasteiger partial charge in [0, 0.05) is 37.5 Å². The number of thiophene rings is 1. The molecule has 0 aliphatic carbocycles. The van der Waals surface area contributed by atoms with Crippen molar-refractivity contribution in [1.82, 2.24) is 0 Å². The zero-order chi connectivity index (χ0) is 14.4. The van der Waals surface area contributed by atoms with Crippen LogP contribution < -0.4 is 4.74 Å². The molecule has 0 spiro atoms. The van der Waals surface area contributed by atoms with Gasteiger partial charge in [-0.3, -0.25) is 4.79 Å². The normalized spacial score (nSPS) is 13.2. The number of halogens is 1. The van der Waals surface area contributed by atoms with Crippen LogP contribution in [0.2, 0.25) is 0 Å². The molecule has 2 aromatic carbocycles. The zero-order valence-electron chi connectivity index (χ0n) is 11.1. The molecular formula is C17H11BrO2S. The fourth-order valence-electron chi connectivity index (χ4n) is 2.68. The van der Waals surface area contributed by atoms with Crippen LogP contribution in [-0.2, 0) is 6.42 Å². The van der Waals surface area contributed by atoms with Crippen molar-refractivity contribution in [3.8, 4) is 5.75 Å². The third kappa shape index (κ3) is 2.10. The average Bonchev–Trinajstić information content (AvgIpc) is 3.13. The number of fused-ring (bicyclic) bond motifs is 2. The average molecular weight is 359 g/mol. The molecule has 0 saturated carbocycles. The van der Waals surface area contributed by atoms with Crippen LogP contribution in [0.3, 0.4) is 0 Å². The molecule has 1 aliphatic heterocycles. The summed E-state index contributed by atoms with van der Waals surface area (Å²) < 4.78 is 7.64. The highest BCUT2D eigenvalue weighted by atomic mass is 79.9. The highest BCUT2D eigenvalue weighted by Crippen LogP contribution is 2.34. The van der Waals surface area contributed by atoms with Crippen molar-refractivity contribution < 1.29 is 9.53 Å². The molecule has 0 bridgehead atoms. The van der Waals surface area contributed by atoms with E-state index in [9.17, 15) is 4.79 Å². The molecule has 0 N–H and O–H groups in total. The Morgan fingerprint density at radius 2 is 2.14 bits per heavy atom. The standard InChI is InChI=1S/C17H11BrO2S/c18-14-3-1-2-12-13(9-21-17(12)14)16(19)11-4-5-15-10(8-11)6-7-20-15/h1-5,8-9H,6-7H2. The number of carbonyl (C=O) groups is 1. The van der Waals surface area contributed by atoms with E-state index < -0.39 is 0 Å². The van der Waals surface area contributed by atoms with Gasteiger partial charge in [0.1, 0.15) is 5.75 Å². The van der Waals surface area contributed by atoms with Gasteiger partial charge in [-0.1, -0.05) is 12.1 Å². The third-order valence-electron chi connectivity index (χ3n) is 3.75. The van der Waals surface area contributed by atoms with Gasteiger partial charge in [0.05, 0.1) is 6.61 Å². The summed E-state index contributed by atoms with van der Waals surface area (Å²) >= 11 is 5.14. The first kappa shape index (κ1) is 13.0. The van der Waals surface area contributed by atoms with Crippen LogP contribution in [0, 0.1) is 0 Å². The molecule has 0 saturated heterocycles. The summed E-state index contributed by atoms with van der Waals surface area (Å²) in [7, 11) is 0. The number of hydrogen-bond acceptors (Lipinski definition) is 3. The first-order chi connectivity index (χ1) is 10.2. The molecule has 1 aromatic heterocycles. The lowest BCUT2D eigenvalue weighted by molar-refractivity contribution is 0.104. The van der Waals surface area contributed by atoms with Crippen molar-refractivity contribution in [3.05, 3.63) is 62.9 Å². The van der Waals surface area contributed by atoms with E-state index in [0.717, 1.165) is 43.4 Å². The van der Waals surface area contributed by atoms with Crippen molar-refractivity contribution in [2.24, 2.45) is 0 Å². The van der Waals surface area contributed by atoms with Crippen LogP contribution >= 0.6 is 27.3 Å².